The van der Waals surface area contributed by atoms with Crippen LogP contribution in [0.25, 0.3) is 0 Å². The molecule has 1 aromatic rings. The Morgan fingerprint density at radius 2 is 2.21 bits per heavy atom. The zero-order chi connectivity index (χ0) is 13.1. The third-order valence-corrected chi connectivity index (χ3v) is 4.20. The Labute approximate surface area is 114 Å². The molecular formula is C14H23N3O2. The van der Waals surface area contributed by atoms with Gasteiger partial charge in [-0.2, -0.15) is 4.98 Å². The SMILES string of the molecule is CC1CCCNC1c1nc(CC2CCCCO2)no1. The molecule has 3 atom stereocenters. The first-order valence-electron chi connectivity index (χ1n) is 7.50. The van der Waals surface area contributed by atoms with Crippen molar-refractivity contribution in [2.45, 2.75) is 57.6 Å². The Kier molecular flexibility index (Phi) is 4.13. The first-order chi connectivity index (χ1) is 9.33. The summed E-state index contributed by atoms with van der Waals surface area (Å²) in [6.07, 6.45) is 7.05. The molecule has 3 heterocycles. The lowest BCUT2D eigenvalue weighted by Gasteiger charge is -2.26. The molecule has 3 rings (SSSR count). The molecule has 1 aromatic heterocycles. The van der Waals surface area contributed by atoms with Crippen molar-refractivity contribution >= 4 is 0 Å². The number of ether oxygens (including phenoxy) is 1. The number of rotatable bonds is 3. The number of aromatic nitrogens is 2. The number of hydrogen-bond acceptors (Lipinski definition) is 5. The van der Waals surface area contributed by atoms with Gasteiger partial charge in [0.1, 0.15) is 0 Å². The fourth-order valence-electron chi connectivity index (χ4n) is 3.03. The minimum absolute atomic E-state index is 0.224. The molecule has 0 aliphatic carbocycles. The Morgan fingerprint density at radius 1 is 1.26 bits per heavy atom. The quantitative estimate of drug-likeness (QED) is 0.908. The predicted molar refractivity (Wildman–Crippen MR) is 70.7 cm³/mol. The van der Waals surface area contributed by atoms with E-state index in [0.717, 1.165) is 37.7 Å². The lowest BCUT2D eigenvalue weighted by molar-refractivity contribution is 0.0153. The molecule has 2 saturated heterocycles. The Balaban J connectivity index is 1.61. The third kappa shape index (κ3) is 3.15. The zero-order valence-electron chi connectivity index (χ0n) is 11.6. The van der Waals surface area contributed by atoms with Gasteiger partial charge in [0.05, 0.1) is 12.1 Å². The molecule has 5 nitrogen and oxygen atoms in total. The fraction of sp³-hybridized carbons (Fsp3) is 0.857. The van der Waals surface area contributed by atoms with Crippen LogP contribution in [0.4, 0.5) is 0 Å². The van der Waals surface area contributed by atoms with Crippen LogP contribution >= 0.6 is 0 Å². The van der Waals surface area contributed by atoms with Gasteiger partial charge in [-0.3, -0.25) is 0 Å². The minimum Gasteiger partial charge on any atom is -0.378 e. The van der Waals surface area contributed by atoms with Crippen LogP contribution in [0.1, 0.15) is 56.8 Å². The summed E-state index contributed by atoms with van der Waals surface area (Å²) in [7, 11) is 0. The van der Waals surface area contributed by atoms with Crippen LogP contribution in [0.3, 0.4) is 0 Å². The van der Waals surface area contributed by atoms with Crippen LogP contribution in [-0.2, 0) is 11.2 Å². The molecule has 3 unspecified atom stereocenters. The highest BCUT2D eigenvalue weighted by molar-refractivity contribution is 4.97. The molecule has 5 heteroatoms. The van der Waals surface area contributed by atoms with Gasteiger partial charge in [-0.1, -0.05) is 12.1 Å². The molecule has 0 radical (unpaired) electrons. The first kappa shape index (κ1) is 13.1. The molecule has 0 bridgehead atoms. The number of nitrogens with zero attached hydrogens (tertiary/aromatic N) is 2. The molecule has 0 spiro atoms. The standard InChI is InChI=1S/C14H23N3O2/c1-10-5-4-7-15-13(10)14-16-12(17-19-14)9-11-6-2-3-8-18-11/h10-11,13,15H,2-9H2,1H3. The van der Waals surface area contributed by atoms with E-state index in [-0.39, 0.29) is 12.1 Å². The van der Waals surface area contributed by atoms with Crippen LogP contribution in [-0.4, -0.2) is 29.4 Å². The number of piperidine rings is 1. The average Bonchev–Trinajstić information content (AvgIpc) is 2.89. The normalized spacial score (nSPS) is 32.4. The van der Waals surface area contributed by atoms with E-state index in [4.69, 9.17) is 9.26 Å². The van der Waals surface area contributed by atoms with E-state index in [1.807, 2.05) is 0 Å². The first-order valence-corrected chi connectivity index (χ1v) is 7.50. The highest BCUT2D eigenvalue weighted by Gasteiger charge is 2.28. The van der Waals surface area contributed by atoms with Crippen molar-refractivity contribution in [2.24, 2.45) is 5.92 Å². The fourth-order valence-corrected chi connectivity index (χ4v) is 3.03. The summed E-state index contributed by atoms with van der Waals surface area (Å²) >= 11 is 0. The molecule has 19 heavy (non-hydrogen) atoms. The van der Waals surface area contributed by atoms with E-state index in [2.05, 4.69) is 22.4 Å². The van der Waals surface area contributed by atoms with E-state index in [1.165, 1.54) is 25.7 Å². The summed E-state index contributed by atoms with van der Waals surface area (Å²) in [5, 5.41) is 7.59. The second kappa shape index (κ2) is 6.01. The Hall–Kier alpha value is -0.940. The summed E-state index contributed by atoms with van der Waals surface area (Å²) in [4.78, 5) is 4.56. The van der Waals surface area contributed by atoms with Crippen molar-refractivity contribution in [3.05, 3.63) is 11.7 Å². The van der Waals surface area contributed by atoms with Crippen molar-refractivity contribution in [3.63, 3.8) is 0 Å². The molecular weight excluding hydrogens is 242 g/mol. The molecule has 0 saturated carbocycles. The van der Waals surface area contributed by atoms with Crippen LogP contribution in [0, 0.1) is 5.92 Å². The maximum Gasteiger partial charge on any atom is 0.244 e. The smallest absolute Gasteiger partial charge is 0.244 e. The summed E-state index contributed by atoms with van der Waals surface area (Å²) in [5.41, 5.74) is 0. The summed E-state index contributed by atoms with van der Waals surface area (Å²) in [5.74, 6) is 2.10. The summed E-state index contributed by atoms with van der Waals surface area (Å²) in [6.45, 7) is 4.15. The molecule has 2 aliphatic heterocycles. The summed E-state index contributed by atoms with van der Waals surface area (Å²) < 4.78 is 11.2. The average molecular weight is 265 g/mol. The summed E-state index contributed by atoms with van der Waals surface area (Å²) in [6, 6.07) is 0.224. The minimum atomic E-state index is 0.224. The largest absolute Gasteiger partial charge is 0.378 e. The van der Waals surface area contributed by atoms with Crippen molar-refractivity contribution in [1.82, 2.24) is 15.5 Å². The van der Waals surface area contributed by atoms with Gasteiger partial charge in [0.15, 0.2) is 5.82 Å². The van der Waals surface area contributed by atoms with Crippen LogP contribution in [0.5, 0.6) is 0 Å². The highest BCUT2D eigenvalue weighted by Crippen LogP contribution is 2.28. The lowest BCUT2D eigenvalue weighted by Crippen LogP contribution is -2.33. The van der Waals surface area contributed by atoms with Crippen molar-refractivity contribution in [2.75, 3.05) is 13.2 Å². The van der Waals surface area contributed by atoms with Crippen molar-refractivity contribution in [1.29, 1.82) is 0 Å². The van der Waals surface area contributed by atoms with Gasteiger partial charge in [-0.25, -0.2) is 0 Å². The van der Waals surface area contributed by atoms with Gasteiger partial charge >= 0.3 is 0 Å². The van der Waals surface area contributed by atoms with E-state index >= 15 is 0 Å². The van der Waals surface area contributed by atoms with Gasteiger partial charge in [0.2, 0.25) is 5.89 Å². The van der Waals surface area contributed by atoms with Gasteiger partial charge in [-0.05, 0) is 44.6 Å². The predicted octanol–water partition coefficient (Wildman–Crippen LogP) is 2.24. The van der Waals surface area contributed by atoms with E-state index in [0.29, 0.717) is 5.92 Å². The maximum atomic E-state index is 5.72. The Morgan fingerprint density at radius 3 is 3.00 bits per heavy atom. The van der Waals surface area contributed by atoms with E-state index in [1.54, 1.807) is 0 Å². The molecule has 2 aliphatic rings. The molecule has 106 valence electrons. The number of nitrogens with one attached hydrogen (secondary N) is 1. The third-order valence-electron chi connectivity index (χ3n) is 4.20. The topological polar surface area (TPSA) is 60.2 Å². The van der Waals surface area contributed by atoms with Crippen LogP contribution in [0.2, 0.25) is 0 Å². The second-order valence-corrected chi connectivity index (χ2v) is 5.79. The maximum absolute atomic E-state index is 5.72. The molecule has 0 aromatic carbocycles. The second-order valence-electron chi connectivity index (χ2n) is 5.79. The van der Waals surface area contributed by atoms with Crippen LogP contribution < -0.4 is 5.32 Å². The molecule has 1 N–H and O–H groups in total. The van der Waals surface area contributed by atoms with Gasteiger partial charge in [0.25, 0.3) is 0 Å². The van der Waals surface area contributed by atoms with Crippen molar-refractivity contribution in [3.8, 4) is 0 Å². The monoisotopic (exact) mass is 265 g/mol. The van der Waals surface area contributed by atoms with E-state index in [9.17, 15) is 0 Å². The van der Waals surface area contributed by atoms with Crippen LogP contribution in [0.15, 0.2) is 4.52 Å². The molecule has 0 amide bonds. The lowest BCUT2D eigenvalue weighted by atomic mass is 9.93. The molecule has 2 fully saturated rings. The highest BCUT2D eigenvalue weighted by atomic mass is 16.5. The van der Waals surface area contributed by atoms with Crippen molar-refractivity contribution < 1.29 is 9.26 Å². The van der Waals surface area contributed by atoms with E-state index < -0.39 is 0 Å². The van der Waals surface area contributed by atoms with Gasteiger partial charge in [-0.15, -0.1) is 0 Å². The zero-order valence-corrected chi connectivity index (χ0v) is 11.6. The van der Waals surface area contributed by atoms with Gasteiger partial charge in [0, 0.05) is 13.0 Å². The van der Waals surface area contributed by atoms with Gasteiger partial charge < -0.3 is 14.6 Å². The number of hydrogen-bond donors (Lipinski definition) is 1. The Bertz CT molecular complexity index is 401.